The summed E-state index contributed by atoms with van der Waals surface area (Å²) in [5.41, 5.74) is 4.22. The standard InChI is InChI=1S/C12H20N2OS2/c1-2-11-12(17-6-5-16-11)10(14-13)7-9-3-4-15-8-9/h3-4,8,10-12,14H,2,5-7,13H2,1H3. The van der Waals surface area contributed by atoms with Gasteiger partial charge in [-0.1, -0.05) is 6.92 Å². The van der Waals surface area contributed by atoms with Gasteiger partial charge in [0, 0.05) is 28.0 Å². The lowest BCUT2D eigenvalue weighted by molar-refractivity contribution is 0.486. The van der Waals surface area contributed by atoms with E-state index in [1.165, 1.54) is 23.5 Å². The van der Waals surface area contributed by atoms with E-state index in [9.17, 15) is 0 Å². The zero-order valence-corrected chi connectivity index (χ0v) is 11.7. The van der Waals surface area contributed by atoms with Crippen LogP contribution in [0.5, 0.6) is 0 Å². The molecule has 1 aliphatic heterocycles. The zero-order chi connectivity index (χ0) is 12.1. The molecule has 3 atom stereocenters. The van der Waals surface area contributed by atoms with Crippen LogP contribution in [-0.4, -0.2) is 28.0 Å². The Bertz CT molecular complexity index is 318. The first-order valence-corrected chi connectivity index (χ1v) is 8.15. The molecule has 1 saturated heterocycles. The number of furan rings is 1. The van der Waals surface area contributed by atoms with Gasteiger partial charge in [-0.05, 0) is 24.5 Å². The fraction of sp³-hybridized carbons (Fsp3) is 0.667. The van der Waals surface area contributed by atoms with Crippen LogP contribution in [0, 0.1) is 0 Å². The molecular formula is C12H20N2OS2. The van der Waals surface area contributed by atoms with Crippen molar-refractivity contribution in [2.24, 2.45) is 5.84 Å². The SMILES string of the molecule is CCC1SCCSC1C(Cc1ccoc1)NN. The molecular weight excluding hydrogens is 252 g/mol. The molecule has 3 N–H and O–H groups in total. The van der Waals surface area contributed by atoms with Crippen molar-refractivity contribution in [3.63, 3.8) is 0 Å². The summed E-state index contributed by atoms with van der Waals surface area (Å²) in [6.45, 7) is 2.27. The van der Waals surface area contributed by atoms with Crippen molar-refractivity contribution >= 4 is 23.5 Å². The van der Waals surface area contributed by atoms with E-state index in [0.717, 1.165) is 6.42 Å². The Balaban J connectivity index is 2.00. The van der Waals surface area contributed by atoms with Gasteiger partial charge in [-0.2, -0.15) is 23.5 Å². The highest BCUT2D eigenvalue weighted by atomic mass is 32.2. The molecule has 0 saturated carbocycles. The summed E-state index contributed by atoms with van der Waals surface area (Å²) in [4.78, 5) is 0. The first kappa shape index (κ1) is 13.3. The van der Waals surface area contributed by atoms with Crippen LogP contribution in [0.4, 0.5) is 0 Å². The van der Waals surface area contributed by atoms with E-state index >= 15 is 0 Å². The van der Waals surface area contributed by atoms with Crippen molar-refractivity contribution in [3.05, 3.63) is 24.2 Å². The van der Waals surface area contributed by atoms with Crippen molar-refractivity contribution in [1.82, 2.24) is 5.43 Å². The number of hydrazine groups is 1. The average Bonchev–Trinajstić information content (AvgIpc) is 2.89. The van der Waals surface area contributed by atoms with Gasteiger partial charge in [0.1, 0.15) is 0 Å². The van der Waals surface area contributed by atoms with Gasteiger partial charge in [0.05, 0.1) is 12.5 Å². The van der Waals surface area contributed by atoms with Crippen LogP contribution >= 0.6 is 23.5 Å². The maximum atomic E-state index is 5.73. The van der Waals surface area contributed by atoms with Gasteiger partial charge in [0.15, 0.2) is 0 Å². The molecule has 1 aromatic heterocycles. The molecule has 3 unspecified atom stereocenters. The quantitative estimate of drug-likeness (QED) is 0.636. The van der Waals surface area contributed by atoms with Crippen molar-refractivity contribution in [2.45, 2.75) is 36.3 Å². The Morgan fingerprint density at radius 2 is 2.35 bits per heavy atom. The summed E-state index contributed by atoms with van der Waals surface area (Å²) >= 11 is 4.14. The van der Waals surface area contributed by atoms with Gasteiger partial charge in [-0.15, -0.1) is 0 Å². The van der Waals surface area contributed by atoms with Crippen LogP contribution in [0.15, 0.2) is 23.0 Å². The minimum atomic E-state index is 0.329. The van der Waals surface area contributed by atoms with E-state index in [2.05, 4.69) is 35.9 Å². The number of rotatable bonds is 5. The number of nitrogens with one attached hydrogen (secondary N) is 1. The third-order valence-electron chi connectivity index (χ3n) is 3.14. The van der Waals surface area contributed by atoms with Crippen LogP contribution in [0.25, 0.3) is 0 Å². The highest BCUT2D eigenvalue weighted by Crippen LogP contribution is 2.35. The molecule has 0 aromatic carbocycles. The lowest BCUT2D eigenvalue weighted by atomic mass is 10.0. The minimum Gasteiger partial charge on any atom is -0.472 e. The third kappa shape index (κ3) is 3.44. The maximum Gasteiger partial charge on any atom is 0.0935 e. The molecule has 17 heavy (non-hydrogen) atoms. The Kier molecular flexibility index (Phi) is 5.28. The number of hydrogen-bond acceptors (Lipinski definition) is 5. The Morgan fingerprint density at radius 1 is 1.53 bits per heavy atom. The van der Waals surface area contributed by atoms with Gasteiger partial charge in [-0.25, -0.2) is 0 Å². The fourth-order valence-electron chi connectivity index (χ4n) is 2.24. The minimum absolute atomic E-state index is 0.329. The normalized spacial score (nSPS) is 26.9. The average molecular weight is 272 g/mol. The highest BCUT2D eigenvalue weighted by Gasteiger charge is 2.31. The number of hydrogen-bond donors (Lipinski definition) is 2. The second kappa shape index (κ2) is 6.73. The van der Waals surface area contributed by atoms with E-state index in [0.29, 0.717) is 16.5 Å². The van der Waals surface area contributed by atoms with Crippen LogP contribution in [0.3, 0.4) is 0 Å². The molecule has 0 spiro atoms. The summed E-state index contributed by atoms with van der Waals surface area (Å²) in [6.07, 6.45) is 5.70. The molecule has 5 heteroatoms. The topological polar surface area (TPSA) is 51.2 Å². The van der Waals surface area contributed by atoms with E-state index in [1.807, 2.05) is 12.3 Å². The summed E-state index contributed by atoms with van der Waals surface area (Å²) in [5, 5.41) is 1.31. The summed E-state index contributed by atoms with van der Waals surface area (Å²) < 4.78 is 5.12. The van der Waals surface area contributed by atoms with Crippen LogP contribution in [0.1, 0.15) is 18.9 Å². The molecule has 0 aliphatic carbocycles. The predicted octanol–water partition coefficient (Wildman–Crippen LogP) is 2.28. The smallest absolute Gasteiger partial charge is 0.0935 e. The molecule has 2 heterocycles. The van der Waals surface area contributed by atoms with Crippen LogP contribution in [0.2, 0.25) is 0 Å². The summed E-state index contributed by atoms with van der Waals surface area (Å²) in [5.74, 6) is 8.23. The molecule has 1 fully saturated rings. The zero-order valence-electron chi connectivity index (χ0n) is 10.1. The Hall–Kier alpha value is -0.100. The molecule has 0 radical (unpaired) electrons. The largest absolute Gasteiger partial charge is 0.472 e. The lowest BCUT2D eigenvalue weighted by Crippen LogP contribution is -2.49. The lowest BCUT2D eigenvalue weighted by Gasteiger charge is -2.35. The van der Waals surface area contributed by atoms with Crippen molar-refractivity contribution in [2.75, 3.05) is 11.5 Å². The third-order valence-corrected chi connectivity index (χ3v) is 6.55. The van der Waals surface area contributed by atoms with Crippen molar-refractivity contribution in [3.8, 4) is 0 Å². The van der Waals surface area contributed by atoms with Crippen LogP contribution in [-0.2, 0) is 6.42 Å². The van der Waals surface area contributed by atoms with Crippen molar-refractivity contribution in [1.29, 1.82) is 0 Å². The molecule has 2 rings (SSSR count). The molecule has 3 nitrogen and oxygen atoms in total. The Morgan fingerprint density at radius 3 is 3.00 bits per heavy atom. The Labute approximate surface area is 111 Å². The predicted molar refractivity (Wildman–Crippen MR) is 76.3 cm³/mol. The van der Waals surface area contributed by atoms with E-state index in [4.69, 9.17) is 10.3 Å². The monoisotopic (exact) mass is 272 g/mol. The van der Waals surface area contributed by atoms with Gasteiger partial charge >= 0.3 is 0 Å². The first-order chi connectivity index (χ1) is 8.35. The fourth-order valence-corrected chi connectivity index (χ4v) is 5.49. The molecule has 1 aliphatic rings. The molecule has 1 aromatic rings. The van der Waals surface area contributed by atoms with Crippen molar-refractivity contribution < 1.29 is 4.42 Å². The van der Waals surface area contributed by atoms with E-state index in [-0.39, 0.29) is 0 Å². The number of nitrogens with two attached hydrogens (primary N) is 1. The maximum absolute atomic E-state index is 5.73. The summed E-state index contributed by atoms with van der Waals surface area (Å²) in [6, 6.07) is 2.35. The van der Waals surface area contributed by atoms with Crippen LogP contribution < -0.4 is 11.3 Å². The number of thioether (sulfide) groups is 2. The molecule has 0 amide bonds. The van der Waals surface area contributed by atoms with Gasteiger partial charge in [0.25, 0.3) is 0 Å². The second-order valence-corrected chi connectivity index (χ2v) is 6.89. The van der Waals surface area contributed by atoms with Gasteiger partial charge in [0.2, 0.25) is 0 Å². The summed E-state index contributed by atoms with van der Waals surface area (Å²) in [7, 11) is 0. The molecule has 0 bridgehead atoms. The molecule has 96 valence electrons. The van der Waals surface area contributed by atoms with E-state index < -0.39 is 0 Å². The van der Waals surface area contributed by atoms with E-state index in [1.54, 1.807) is 6.26 Å². The van der Waals surface area contributed by atoms with Gasteiger partial charge in [-0.3, -0.25) is 11.3 Å². The van der Waals surface area contributed by atoms with Gasteiger partial charge < -0.3 is 4.42 Å². The highest BCUT2D eigenvalue weighted by molar-refractivity contribution is 8.07. The second-order valence-electron chi connectivity index (χ2n) is 4.26. The first-order valence-electron chi connectivity index (χ1n) is 6.05.